The lowest BCUT2D eigenvalue weighted by Gasteiger charge is -2.10. The summed E-state index contributed by atoms with van der Waals surface area (Å²) in [5.74, 6) is 0.491. The molecule has 0 bridgehead atoms. The number of hydrogen-bond acceptors (Lipinski definition) is 2. The van der Waals surface area contributed by atoms with Crippen LogP contribution in [-0.4, -0.2) is 9.97 Å². The highest BCUT2D eigenvalue weighted by Gasteiger charge is 2.07. The molecule has 3 aromatic rings. The first-order chi connectivity index (χ1) is 9.88. The molecular weight excluding hydrogens is 268 g/mol. The number of halogens is 1. The predicted molar refractivity (Wildman–Crippen MR) is 82.5 cm³/mol. The van der Waals surface area contributed by atoms with Gasteiger partial charge in [-0.2, -0.15) is 0 Å². The Hall–Kier alpha value is -2.19. The van der Waals surface area contributed by atoms with Crippen LogP contribution in [0.5, 0.6) is 0 Å². The molecule has 0 saturated heterocycles. The molecule has 2 heterocycles. The van der Waals surface area contributed by atoms with Crippen LogP contribution >= 0.6 is 11.6 Å². The number of pyridine rings is 2. The normalized spacial score (nSPS) is 10.4. The second-order valence-corrected chi connectivity index (χ2v) is 4.75. The minimum Gasteiger partial charge on any atom is -0.265 e. The second-order valence-electron chi connectivity index (χ2n) is 4.48. The van der Waals surface area contributed by atoms with Gasteiger partial charge in [-0.1, -0.05) is 18.2 Å². The Morgan fingerprint density at radius 3 is 2.35 bits per heavy atom. The molecule has 0 atom stereocenters. The molecule has 0 amide bonds. The number of nitrogens with zero attached hydrogens (tertiary/aromatic N) is 2. The first-order valence-corrected chi connectivity index (χ1v) is 6.91. The molecule has 2 nitrogen and oxygen atoms in total. The van der Waals surface area contributed by atoms with E-state index in [4.69, 9.17) is 11.6 Å². The van der Waals surface area contributed by atoms with Crippen molar-refractivity contribution in [1.29, 1.82) is 0 Å². The van der Waals surface area contributed by atoms with Crippen molar-refractivity contribution < 1.29 is 0 Å². The van der Waals surface area contributed by atoms with E-state index in [2.05, 4.69) is 34.2 Å². The monoisotopic (exact) mass is 280 g/mol. The minimum absolute atomic E-state index is 0.491. The lowest BCUT2D eigenvalue weighted by molar-refractivity contribution is 1.31. The van der Waals surface area contributed by atoms with Crippen molar-refractivity contribution in [3.8, 4) is 22.3 Å². The van der Waals surface area contributed by atoms with Gasteiger partial charge >= 0.3 is 0 Å². The molecule has 0 aliphatic rings. The Morgan fingerprint density at radius 1 is 0.800 bits per heavy atom. The topological polar surface area (TPSA) is 25.8 Å². The van der Waals surface area contributed by atoms with Crippen molar-refractivity contribution in [2.75, 3.05) is 0 Å². The van der Waals surface area contributed by atoms with Gasteiger partial charge < -0.3 is 0 Å². The van der Waals surface area contributed by atoms with Crippen molar-refractivity contribution in [3.63, 3.8) is 0 Å². The van der Waals surface area contributed by atoms with E-state index >= 15 is 0 Å². The Morgan fingerprint density at radius 2 is 1.65 bits per heavy atom. The molecule has 0 spiro atoms. The molecule has 3 rings (SSSR count). The van der Waals surface area contributed by atoms with Gasteiger partial charge in [-0.05, 0) is 46.5 Å². The zero-order valence-corrected chi connectivity index (χ0v) is 11.6. The minimum atomic E-state index is 0.491. The van der Waals surface area contributed by atoms with Crippen molar-refractivity contribution >= 4 is 11.6 Å². The van der Waals surface area contributed by atoms with Gasteiger partial charge in [0.2, 0.25) is 0 Å². The molecule has 0 unspecified atom stereocenters. The van der Waals surface area contributed by atoms with Gasteiger partial charge in [0.1, 0.15) is 0 Å². The van der Waals surface area contributed by atoms with Crippen LogP contribution in [0.4, 0.5) is 0 Å². The van der Waals surface area contributed by atoms with Crippen LogP contribution in [0.3, 0.4) is 0 Å². The zero-order valence-electron chi connectivity index (χ0n) is 10.8. The number of benzene rings is 1. The summed E-state index contributed by atoms with van der Waals surface area (Å²) in [4.78, 5) is 8.23. The van der Waals surface area contributed by atoms with Gasteiger partial charge in [-0.25, -0.2) is 0 Å². The Labute approximate surface area is 123 Å². The lowest BCUT2D eigenvalue weighted by atomic mass is 9.96. The van der Waals surface area contributed by atoms with E-state index in [9.17, 15) is 0 Å². The van der Waals surface area contributed by atoms with E-state index in [1.807, 2.05) is 24.4 Å². The average Bonchev–Trinajstić information content (AvgIpc) is 2.56. The lowest BCUT2D eigenvalue weighted by Crippen LogP contribution is -1.89. The summed E-state index contributed by atoms with van der Waals surface area (Å²) in [5, 5.41) is 0. The first-order valence-electron chi connectivity index (χ1n) is 6.38. The van der Waals surface area contributed by atoms with Crippen LogP contribution in [0.25, 0.3) is 22.3 Å². The third-order valence-electron chi connectivity index (χ3n) is 3.24. The largest absolute Gasteiger partial charge is 0.265 e. The first kappa shape index (κ1) is 12.8. The van der Waals surface area contributed by atoms with E-state index < -0.39 is 0 Å². The van der Waals surface area contributed by atoms with Gasteiger partial charge in [-0.15, -0.1) is 11.6 Å². The highest BCUT2D eigenvalue weighted by Crippen LogP contribution is 2.30. The predicted octanol–water partition coefficient (Wildman–Crippen LogP) is 4.55. The fourth-order valence-corrected chi connectivity index (χ4v) is 2.44. The Kier molecular flexibility index (Phi) is 3.75. The molecule has 0 N–H and O–H groups in total. The fourth-order valence-electron chi connectivity index (χ4n) is 2.21. The summed E-state index contributed by atoms with van der Waals surface area (Å²) in [5.41, 5.74) is 5.62. The molecular formula is C17H13ClN2. The quantitative estimate of drug-likeness (QED) is 0.658. The van der Waals surface area contributed by atoms with Crippen LogP contribution in [0.2, 0.25) is 0 Å². The van der Waals surface area contributed by atoms with Gasteiger partial charge in [-0.3, -0.25) is 9.97 Å². The van der Waals surface area contributed by atoms with Gasteiger partial charge in [0.25, 0.3) is 0 Å². The van der Waals surface area contributed by atoms with E-state index in [-0.39, 0.29) is 0 Å². The van der Waals surface area contributed by atoms with Crippen LogP contribution in [-0.2, 0) is 5.88 Å². The third-order valence-corrected chi connectivity index (χ3v) is 3.53. The summed E-state index contributed by atoms with van der Waals surface area (Å²) in [6, 6.07) is 14.3. The molecule has 98 valence electrons. The maximum atomic E-state index is 6.05. The van der Waals surface area contributed by atoms with Crippen molar-refractivity contribution in [3.05, 3.63) is 72.8 Å². The van der Waals surface area contributed by atoms with Crippen LogP contribution < -0.4 is 0 Å². The Balaban J connectivity index is 2.13. The van der Waals surface area contributed by atoms with E-state index in [1.165, 1.54) is 0 Å². The van der Waals surface area contributed by atoms with Crippen LogP contribution in [0.1, 0.15) is 5.56 Å². The summed E-state index contributed by atoms with van der Waals surface area (Å²) >= 11 is 6.05. The maximum absolute atomic E-state index is 6.05. The standard InChI is InChI=1S/C17H13ClN2/c18-11-15-4-3-14(16-2-1-7-20-12-16)10-17(15)13-5-8-19-9-6-13/h1-10,12H,11H2. The van der Waals surface area contributed by atoms with Gasteiger partial charge in [0.15, 0.2) is 0 Å². The highest BCUT2D eigenvalue weighted by molar-refractivity contribution is 6.17. The number of aromatic nitrogens is 2. The fraction of sp³-hybridized carbons (Fsp3) is 0.0588. The number of rotatable bonds is 3. The molecule has 0 aliphatic carbocycles. The van der Waals surface area contributed by atoms with Crippen LogP contribution in [0.15, 0.2) is 67.3 Å². The van der Waals surface area contributed by atoms with Crippen molar-refractivity contribution in [2.24, 2.45) is 0 Å². The average molecular weight is 281 g/mol. The molecule has 0 radical (unpaired) electrons. The van der Waals surface area contributed by atoms with E-state index in [1.54, 1.807) is 18.6 Å². The van der Waals surface area contributed by atoms with Gasteiger partial charge in [0, 0.05) is 36.2 Å². The molecule has 3 heteroatoms. The smallest absolute Gasteiger partial charge is 0.0480 e. The number of alkyl halides is 1. The SMILES string of the molecule is ClCc1ccc(-c2cccnc2)cc1-c1ccncc1. The zero-order chi connectivity index (χ0) is 13.8. The summed E-state index contributed by atoms with van der Waals surface area (Å²) < 4.78 is 0. The van der Waals surface area contributed by atoms with Crippen molar-refractivity contribution in [2.45, 2.75) is 5.88 Å². The maximum Gasteiger partial charge on any atom is 0.0480 e. The van der Waals surface area contributed by atoms with E-state index in [0.29, 0.717) is 5.88 Å². The Bertz CT molecular complexity index is 697. The van der Waals surface area contributed by atoms with Gasteiger partial charge in [0.05, 0.1) is 0 Å². The van der Waals surface area contributed by atoms with Crippen molar-refractivity contribution in [1.82, 2.24) is 9.97 Å². The second kappa shape index (κ2) is 5.85. The molecule has 1 aromatic carbocycles. The molecule has 20 heavy (non-hydrogen) atoms. The molecule has 0 fully saturated rings. The third kappa shape index (κ3) is 2.56. The molecule has 0 saturated carbocycles. The summed E-state index contributed by atoms with van der Waals surface area (Å²) in [6.07, 6.45) is 7.24. The van der Waals surface area contributed by atoms with E-state index in [0.717, 1.165) is 27.8 Å². The highest BCUT2D eigenvalue weighted by atomic mass is 35.5. The molecule has 2 aromatic heterocycles. The summed E-state index contributed by atoms with van der Waals surface area (Å²) in [6.45, 7) is 0. The number of hydrogen-bond donors (Lipinski definition) is 0. The summed E-state index contributed by atoms with van der Waals surface area (Å²) in [7, 11) is 0. The van der Waals surface area contributed by atoms with Crippen LogP contribution in [0, 0.1) is 0 Å². The molecule has 0 aliphatic heterocycles.